The second-order valence-corrected chi connectivity index (χ2v) is 5.84. The Morgan fingerprint density at radius 1 is 1.58 bits per heavy atom. The molecule has 1 aromatic carbocycles. The van der Waals surface area contributed by atoms with Gasteiger partial charge >= 0.3 is 0 Å². The molecule has 104 valence electrons. The molecule has 1 aromatic rings. The van der Waals surface area contributed by atoms with Gasteiger partial charge in [-0.05, 0) is 37.0 Å². The van der Waals surface area contributed by atoms with Crippen molar-refractivity contribution >= 4 is 23.2 Å². The Kier molecular flexibility index (Phi) is 4.11. The topological polar surface area (TPSA) is 55.1 Å². The van der Waals surface area contributed by atoms with Crippen LogP contribution in [-0.4, -0.2) is 11.4 Å². The van der Waals surface area contributed by atoms with Crippen molar-refractivity contribution in [1.29, 1.82) is 0 Å². The summed E-state index contributed by atoms with van der Waals surface area (Å²) in [7, 11) is 0. The maximum absolute atomic E-state index is 13.2. The van der Waals surface area contributed by atoms with E-state index in [9.17, 15) is 9.18 Å². The largest absolute Gasteiger partial charge is 0.323 e. The van der Waals surface area contributed by atoms with Gasteiger partial charge in [0.25, 0.3) is 0 Å². The molecule has 0 bridgehead atoms. The highest BCUT2D eigenvalue weighted by atomic mass is 35.5. The van der Waals surface area contributed by atoms with E-state index in [-0.39, 0.29) is 11.6 Å². The van der Waals surface area contributed by atoms with Crippen molar-refractivity contribution in [1.82, 2.24) is 0 Å². The summed E-state index contributed by atoms with van der Waals surface area (Å²) in [6.45, 7) is 2.09. The molecule has 19 heavy (non-hydrogen) atoms. The van der Waals surface area contributed by atoms with Crippen molar-refractivity contribution in [3.8, 4) is 0 Å². The number of nitrogens with one attached hydrogen (secondary N) is 1. The lowest BCUT2D eigenvalue weighted by molar-refractivity contribution is -0.122. The zero-order valence-electron chi connectivity index (χ0n) is 10.9. The maximum atomic E-state index is 13.2. The summed E-state index contributed by atoms with van der Waals surface area (Å²) in [4.78, 5) is 12.3. The van der Waals surface area contributed by atoms with E-state index < -0.39 is 11.4 Å². The number of carbonyl (C=O) groups is 1. The summed E-state index contributed by atoms with van der Waals surface area (Å²) in [5.41, 5.74) is 5.57. The monoisotopic (exact) mass is 284 g/mol. The Morgan fingerprint density at radius 2 is 2.32 bits per heavy atom. The number of hydrogen-bond donors (Lipinski definition) is 2. The fourth-order valence-corrected chi connectivity index (χ4v) is 2.80. The van der Waals surface area contributed by atoms with Crippen LogP contribution >= 0.6 is 11.6 Å². The van der Waals surface area contributed by atoms with Crippen molar-refractivity contribution in [3.63, 3.8) is 0 Å². The van der Waals surface area contributed by atoms with E-state index in [2.05, 4.69) is 12.2 Å². The SMILES string of the molecule is CC1CCCC(N)(C(=O)Nc2cc(F)ccc2Cl)C1. The maximum Gasteiger partial charge on any atom is 0.244 e. The zero-order valence-corrected chi connectivity index (χ0v) is 11.6. The van der Waals surface area contributed by atoms with Crippen LogP contribution in [0.4, 0.5) is 10.1 Å². The van der Waals surface area contributed by atoms with Gasteiger partial charge in [-0.25, -0.2) is 4.39 Å². The molecular weight excluding hydrogens is 267 g/mol. The van der Waals surface area contributed by atoms with Crippen LogP contribution in [0.2, 0.25) is 5.02 Å². The lowest BCUT2D eigenvalue weighted by Crippen LogP contribution is -2.53. The first-order valence-electron chi connectivity index (χ1n) is 6.46. The summed E-state index contributed by atoms with van der Waals surface area (Å²) in [6.07, 6.45) is 3.32. The first kappa shape index (κ1) is 14.3. The molecule has 0 heterocycles. The van der Waals surface area contributed by atoms with Crippen molar-refractivity contribution in [2.24, 2.45) is 11.7 Å². The van der Waals surface area contributed by atoms with Crippen LogP contribution in [0.5, 0.6) is 0 Å². The third-order valence-corrected chi connectivity index (χ3v) is 3.99. The smallest absolute Gasteiger partial charge is 0.244 e. The van der Waals surface area contributed by atoms with Gasteiger partial charge in [-0.1, -0.05) is 31.4 Å². The fraction of sp³-hybridized carbons (Fsp3) is 0.500. The summed E-state index contributed by atoms with van der Waals surface area (Å²) < 4.78 is 13.2. The Morgan fingerprint density at radius 3 is 3.00 bits per heavy atom. The molecule has 2 atom stereocenters. The van der Waals surface area contributed by atoms with Gasteiger partial charge in [-0.15, -0.1) is 0 Å². The molecule has 2 unspecified atom stereocenters. The van der Waals surface area contributed by atoms with Crippen LogP contribution in [0.3, 0.4) is 0 Å². The third kappa shape index (κ3) is 3.25. The molecule has 0 spiro atoms. The molecule has 5 heteroatoms. The number of hydrogen-bond acceptors (Lipinski definition) is 2. The predicted molar refractivity (Wildman–Crippen MR) is 74.6 cm³/mol. The van der Waals surface area contributed by atoms with E-state index in [1.54, 1.807) is 0 Å². The van der Waals surface area contributed by atoms with Gasteiger partial charge in [0.15, 0.2) is 0 Å². The van der Waals surface area contributed by atoms with Gasteiger partial charge in [-0.2, -0.15) is 0 Å². The van der Waals surface area contributed by atoms with Crippen molar-refractivity contribution in [2.75, 3.05) is 5.32 Å². The van der Waals surface area contributed by atoms with Crippen LogP contribution in [-0.2, 0) is 4.79 Å². The number of nitrogens with two attached hydrogens (primary N) is 1. The average molecular weight is 285 g/mol. The van der Waals surface area contributed by atoms with E-state index in [0.29, 0.717) is 23.8 Å². The molecule has 0 aromatic heterocycles. The van der Waals surface area contributed by atoms with E-state index >= 15 is 0 Å². The van der Waals surface area contributed by atoms with Gasteiger partial charge in [0, 0.05) is 0 Å². The highest BCUT2D eigenvalue weighted by molar-refractivity contribution is 6.33. The summed E-state index contributed by atoms with van der Waals surface area (Å²) in [5, 5.41) is 2.95. The molecule has 1 aliphatic rings. The lowest BCUT2D eigenvalue weighted by atomic mass is 9.76. The molecule has 1 saturated carbocycles. The molecule has 1 amide bonds. The molecule has 1 aliphatic carbocycles. The van der Waals surface area contributed by atoms with Crippen LogP contribution in [0, 0.1) is 11.7 Å². The number of carbonyl (C=O) groups excluding carboxylic acids is 1. The quantitative estimate of drug-likeness (QED) is 0.875. The Labute approximate surface area is 117 Å². The Hall–Kier alpha value is -1.13. The van der Waals surface area contributed by atoms with Crippen molar-refractivity contribution in [2.45, 2.75) is 38.1 Å². The molecule has 0 aliphatic heterocycles. The third-order valence-electron chi connectivity index (χ3n) is 3.66. The zero-order chi connectivity index (χ0) is 14.0. The normalized spacial score (nSPS) is 27.1. The van der Waals surface area contributed by atoms with Crippen LogP contribution < -0.4 is 11.1 Å². The molecule has 3 nitrogen and oxygen atoms in total. The number of rotatable bonds is 2. The average Bonchev–Trinajstić information content (AvgIpc) is 2.33. The van der Waals surface area contributed by atoms with E-state index in [4.69, 9.17) is 17.3 Å². The second-order valence-electron chi connectivity index (χ2n) is 5.44. The predicted octanol–water partition coefficient (Wildman–Crippen LogP) is 3.33. The van der Waals surface area contributed by atoms with Crippen LogP contribution in [0.1, 0.15) is 32.6 Å². The number of anilines is 1. The van der Waals surface area contributed by atoms with Gasteiger partial charge in [-0.3, -0.25) is 4.79 Å². The highest BCUT2D eigenvalue weighted by Crippen LogP contribution is 2.32. The fourth-order valence-electron chi connectivity index (χ4n) is 2.64. The first-order valence-corrected chi connectivity index (χ1v) is 6.84. The standard InChI is InChI=1S/C14H18ClFN2O/c1-9-3-2-6-14(17,8-9)13(19)18-12-7-10(16)4-5-11(12)15/h4-5,7,9H,2-3,6,8,17H2,1H3,(H,18,19). The van der Waals surface area contributed by atoms with E-state index in [1.165, 1.54) is 18.2 Å². The number of benzene rings is 1. The Balaban J connectivity index is 2.14. The van der Waals surface area contributed by atoms with E-state index in [1.807, 2.05) is 0 Å². The van der Waals surface area contributed by atoms with Crippen molar-refractivity contribution < 1.29 is 9.18 Å². The van der Waals surface area contributed by atoms with Gasteiger partial charge in [0.1, 0.15) is 5.82 Å². The van der Waals surface area contributed by atoms with Gasteiger partial charge < -0.3 is 11.1 Å². The number of halogens is 2. The summed E-state index contributed by atoms with van der Waals surface area (Å²) in [5.74, 6) is -0.304. The van der Waals surface area contributed by atoms with Crippen molar-refractivity contribution in [3.05, 3.63) is 29.0 Å². The molecule has 2 rings (SSSR count). The minimum atomic E-state index is -0.882. The van der Waals surface area contributed by atoms with Gasteiger partial charge in [0.2, 0.25) is 5.91 Å². The second kappa shape index (κ2) is 5.47. The molecular formula is C14H18ClFN2O. The highest BCUT2D eigenvalue weighted by Gasteiger charge is 2.38. The molecule has 0 radical (unpaired) electrons. The van der Waals surface area contributed by atoms with Gasteiger partial charge in [0.05, 0.1) is 16.2 Å². The molecule has 0 saturated heterocycles. The summed E-state index contributed by atoms with van der Waals surface area (Å²) >= 11 is 5.93. The van der Waals surface area contributed by atoms with Crippen LogP contribution in [0.25, 0.3) is 0 Å². The summed E-state index contributed by atoms with van der Waals surface area (Å²) in [6, 6.07) is 3.87. The Bertz CT molecular complexity index is 494. The minimum absolute atomic E-state index is 0.273. The minimum Gasteiger partial charge on any atom is -0.323 e. The molecule has 3 N–H and O–H groups in total. The molecule has 1 fully saturated rings. The van der Waals surface area contributed by atoms with E-state index in [0.717, 1.165) is 12.8 Å². The number of amides is 1. The van der Waals surface area contributed by atoms with Crippen LogP contribution in [0.15, 0.2) is 18.2 Å². The lowest BCUT2D eigenvalue weighted by Gasteiger charge is -2.35. The first-order chi connectivity index (χ1) is 8.90.